The highest BCUT2D eigenvalue weighted by molar-refractivity contribution is 5.73. The molecule has 0 spiro atoms. The zero-order valence-corrected chi connectivity index (χ0v) is 8.16. The number of hydrogen-bond acceptors (Lipinski definition) is 4. The lowest BCUT2D eigenvalue weighted by Crippen LogP contribution is -2.55. The van der Waals surface area contributed by atoms with Gasteiger partial charge >= 0.3 is 12.0 Å². The first-order valence-corrected chi connectivity index (χ1v) is 4.45. The van der Waals surface area contributed by atoms with Gasteiger partial charge in [-0.05, 0) is 0 Å². The lowest BCUT2D eigenvalue weighted by Gasteiger charge is -2.38. The Morgan fingerprint density at radius 2 is 2.21 bits per heavy atom. The van der Waals surface area contributed by atoms with E-state index in [2.05, 4.69) is 10.1 Å². The van der Waals surface area contributed by atoms with Crippen LogP contribution in [0.1, 0.15) is 0 Å². The van der Waals surface area contributed by atoms with Crippen molar-refractivity contribution >= 4 is 12.0 Å². The predicted octanol–water partition coefficient (Wildman–Crippen LogP) is -1.24. The van der Waals surface area contributed by atoms with Crippen molar-refractivity contribution in [2.75, 3.05) is 33.3 Å². The van der Waals surface area contributed by atoms with Gasteiger partial charge in [-0.15, -0.1) is 0 Å². The largest absolute Gasteiger partial charge is 0.468 e. The molecule has 0 bridgehead atoms. The third kappa shape index (κ3) is 2.88. The number of esters is 1. The first kappa shape index (κ1) is 10.8. The Morgan fingerprint density at radius 3 is 2.71 bits per heavy atom. The van der Waals surface area contributed by atoms with Crippen molar-refractivity contribution < 1.29 is 14.3 Å². The maximum Gasteiger partial charge on any atom is 0.319 e. The fourth-order valence-corrected chi connectivity index (χ4v) is 1.33. The van der Waals surface area contributed by atoms with E-state index in [0.717, 1.165) is 0 Å². The number of primary amides is 1. The van der Waals surface area contributed by atoms with E-state index in [-0.39, 0.29) is 18.5 Å². The fourth-order valence-electron chi connectivity index (χ4n) is 1.33. The highest BCUT2D eigenvalue weighted by Crippen LogP contribution is 2.13. The average molecular weight is 201 g/mol. The first-order valence-electron chi connectivity index (χ1n) is 4.45. The Balaban J connectivity index is 2.01. The van der Waals surface area contributed by atoms with Crippen LogP contribution < -0.4 is 11.1 Å². The van der Waals surface area contributed by atoms with Crippen LogP contribution in [0, 0.1) is 5.92 Å². The monoisotopic (exact) mass is 201 g/mol. The molecule has 0 atom stereocenters. The number of carbonyl (C=O) groups excluding carboxylic acids is 2. The summed E-state index contributed by atoms with van der Waals surface area (Å²) in [5.41, 5.74) is 5.05. The Kier molecular flexibility index (Phi) is 3.70. The smallest absolute Gasteiger partial charge is 0.319 e. The molecule has 1 rings (SSSR count). The van der Waals surface area contributed by atoms with Gasteiger partial charge < -0.3 is 20.7 Å². The van der Waals surface area contributed by atoms with Crippen molar-refractivity contribution in [3.05, 3.63) is 0 Å². The summed E-state index contributed by atoms with van der Waals surface area (Å²) in [7, 11) is 1.35. The van der Waals surface area contributed by atoms with E-state index >= 15 is 0 Å². The van der Waals surface area contributed by atoms with E-state index in [1.807, 2.05) is 0 Å². The van der Waals surface area contributed by atoms with Crippen molar-refractivity contribution in [2.45, 2.75) is 0 Å². The molecule has 0 aromatic heterocycles. The normalized spacial score (nSPS) is 16.2. The van der Waals surface area contributed by atoms with Crippen molar-refractivity contribution in [3.8, 4) is 0 Å². The number of rotatable bonds is 4. The molecule has 1 saturated heterocycles. The van der Waals surface area contributed by atoms with Gasteiger partial charge in [-0.2, -0.15) is 0 Å². The van der Waals surface area contributed by atoms with Crippen LogP contribution in [0.3, 0.4) is 0 Å². The van der Waals surface area contributed by atoms with Crippen LogP contribution in [-0.4, -0.2) is 50.2 Å². The second-order valence-electron chi connectivity index (χ2n) is 3.32. The molecule has 80 valence electrons. The number of ether oxygens (including phenoxy) is 1. The van der Waals surface area contributed by atoms with Crippen LogP contribution in [0.25, 0.3) is 0 Å². The minimum atomic E-state index is -0.380. The quantitative estimate of drug-likeness (QED) is 0.557. The molecule has 6 nitrogen and oxygen atoms in total. The first-order chi connectivity index (χ1) is 6.63. The minimum Gasteiger partial charge on any atom is -0.468 e. The molecule has 0 radical (unpaired) electrons. The highest BCUT2D eigenvalue weighted by Gasteiger charge is 2.28. The topological polar surface area (TPSA) is 84.7 Å². The molecule has 1 aliphatic rings. The van der Waals surface area contributed by atoms with Gasteiger partial charge in [-0.3, -0.25) is 4.79 Å². The maximum absolute atomic E-state index is 10.7. The molecule has 0 unspecified atom stereocenters. The van der Waals surface area contributed by atoms with Crippen molar-refractivity contribution in [1.82, 2.24) is 10.2 Å². The molecular weight excluding hydrogens is 186 g/mol. The van der Waals surface area contributed by atoms with E-state index in [0.29, 0.717) is 25.6 Å². The minimum absolute atomic E-state index is 0.212. The SMILES string of the molecule is COC(=O)CNCC1CN(C(N)=O)C1. The van der Waals surface area contributed by atoms with Crippen molar-refractivity contribution in [3.63, 3.8) is 0 Å². The second kappa shape index (κ2) is 4.80. The van der Waals surface area contributed by atoms with E-state index in [4.69, 9.17) is 5.73 Å². The van der Waals surface area contributed by atoms with Gasteiger partial charge in [0.15, 0.2) is 0 Å². The molecule has 0 aromatic carbocycles. The van der Waals surface area contributed by atoms with Gasteiger partial charge in [0.1, 0.15) is 0 Å². The average Bonchev–Trinajstić information content (AvgIpc) is 2.07. The number of methoxy groups -OCH3 is 1. The Bertz CT molecular complexity index is 226. The van der Waals surface area contributed by atoms with Crippen molar-refractivity contribution in [2.24, 2.45) is 11.7 Å². The van der Waals surface area contributed by atoms with E-state index in [1.54, 1.807) is 4.90 Å². The molecule has 14 heavy (non-hydrogen) atoms. The molecule has 1 fully saturated rings. The summed E-state index contributed by atoms with van der Waals surface area (Å²) in [4.78, 5) is 22.9. The summed E-state index contributed by atoms with van der Waals surface area (Å²) in [6, 6.07) is -0.380. The molecule has 2 amide bonds. The number of nitrogens with two attached hydrogens (primary N) is 1. The van der Waals surface area contributed by atoms with Gasteiger partial charge in [-0.1, -0.05) is 0 Å². The van der Waals surface area contributed by atoms with E-state index in [1.165, 1.54) is 7.11 Å². The maximum atomic E-state index is 10.7. The summed E-state index contributed by atoms with van der Waals surface area (Å²) in [5.74, 6) is 0.114. The van der Waals surface area contributed by atoms with E-state index in [9.17, 15) is 9.59 Å². The summed E-state index contributed by atoms with van der Waals surface area (Å²) >= 11 is 0. The number of carbonyl (C=O) groups is 2. The van der Waals surface area contributed by atoms with Gasteiger partial charge in [0.05, 0.1) is 13.7 Å². The standard InChI is InChI=1S/C8H15N3O3/c1-14-7(12)3-10-2-6-4-11(5-6)8(9)13/h6,10H,2-5H2,1H3,(H2,9,13). The summed E-state index contributed by atoms with van der Waals surface area (Å²) < 4.78 is 4.46. The molecular formula is C8H15N3O3. The number of nitrogens with one attached hydrogen (secondary N) is 1. The lowest BCUT2D eigenvalue weighted by molar-refractivity contribution is -0.139. The zero-order chi connectivity index (χ0) is 10.6. The number of hydrogen-bond donors (Lipinski definition) is 2. The molecule has 0 aliphatic carbocycles. The van der Waals surface area contributed by atoms with Gasteiger partial charge in [-0.25, -0.2) is 4.79 Å². The van der Waals surface area contributed by atoms with E-state index < -0.39 is 0 Å². The van der Waals surface area contributed by atoms with Crippen LogP contribution in [0.4, 0.5) is 4.79 Å². The van der Waals surface area contributed by atoms with Gasteiger partial charge in [0.25, 0.3) is 0 Å². The van der Waals surface area contributed by atoms with Crippen LogP contribution in [0.2, 0.25) is 0 Å². The summed E-state index contributed by atoms with van der Waals surface area (Å²) in [6.45, 7) is 2.26. The molecule has 1 aliphatic heterocycles. The number of urea groups is 1. The molecule has 0 saturated carbocycles. The molecule has 3 N–H and O–H groups in total. The van der Waals surface area contributed by atoms with Crippen LogP contribution in [-0.2, 0) is 9.53 Å². The third-order valence-electron chi connectivity index (χ3n) is 2.20. The van der Waals surface area contributed by atoms with Crippen LogP contribution >= 0.6 is 0 Å². The highest BCUT2D eigenvalue weighted by atomic mass is 16.5. The lowest BCUT2D eigenvalue weighted by atomic mass is 10.0. The Morgan fingerprint density at radius 1 is 1.57 bits per heavy atom. The fraction of sp³-hybridized carbons (Fsp3) is 0.750. The third-order valence-corrected chi connectivity index (χ3v) is 2.20. The number of nitrogens with zero attached hydrogens (tertiary/aromatic N) is 1. The molecule has 1 heterocycles. The Hall–Kier alpha value is -1.30. The zero-order valence-electron chi connectivity index (χ0n) is 8.16. The summed E-state index contributed by atoms with van der Waals surface area (Å²) in [6.07, 6.45) is 0. The van der Waals surface area contributed by atoms with Gasteiger partial charge in [0, 0.05) is 25.6 Å². The second-order valence-corrected chi connectivity index (χ2v) is 3.32. The molecule has 0 aromatic rings. The van der Waals surface area contributed by atoms with Gasteiger partial charge in [0.2, 0.25) is 0 Å². The number of likely N-dealkylation sites (tertiary alicyclic amines) is 1. The summed E-state index contributed by atoms with van der Waals surface area (Å²) in [5, 5.41) is 2.94. The van der Waals surface area contributed by atoms with Crippen LogP contribution in [0.5, 0.6) is 0 Å². The predicted molar refractivity (Wildman–Crippen MR) is 49.5 cm³/mol. The Labute approximate surface area is 82.4 Å². The molecule has 6 heteroatoms. The van der Waals surface area contributed by atoms with Crippen LogP contribution in [0.15, 0.2) is 0 Å². The van der Waals surface area contributed by atoms with Crippen molar-refractivity contribution in [1.29, 1.82) is 0 Å². The number of amides is 2.